The van der Waals surface area contributed by atoms with Gasteiger partial charge in [-0.25, -0.2) is 4.39 Å². The van der Waals surface area contributed by atoms with E-state index in [1.807, 2.05) is 0 Å². The Morgan fingerprint density at radius 3 is 2.71 bits per heavy atom. The molecule has 1 saturated carbocycles. The number of hydrogen-bond donors (Lipinski definition) is 2. The predicted octanol–water partition coefficient (Wildman–Crippen LogP) is 3.08. The summed E-state index contributed by atoms with van der Waals surface area (Å²) in [5.41, 5.74) is 0.831. The molecule has 1 aliphatic rings. The van der Waals surface area contributed by atoms with Crippen molar-refractivity contribution in [3.05, 3.63) is 29.8 Å². The summed E-state index contributed by atoms with van der Waals surface area (Å²) in [5, 5.41) is 6.45. The number of aliphatic imine (C=N–C) groups is 1. The average molecular weight is 406 g/mol. The Morgan fingerprint density at radius 1 is 1.43 bits per heavy atom. The number of nitrogens with one attached hydrogen (secondary N) is 2. The van der Waals surface area contributed by atoms with Crippen LogP contribution in [0, 0.1) is 11.2 Å². The van der Waals surface area contributed by atoms with Gasteiger partial charge in [0.25, 0.3) is 0 Å². The third-order valence-electron chi connectivity index (χ3n) is 4.28. The van der Waals surface area contributed by atoms with Crippen LogP contribution >= 0.6 is 24.0 Å². The van der Waals surface area contributed by atoms with Gasteiger partial charge in [-0.3, -0.25) is 9.98 Å². The molecule has 0 spiro atoms. The second-order valence-electron chi connectivity index (χ2n) is 5.42. The van der Waals surface area contributed by atoms with Crippen LogP contribution in [0.15, 0.2) is 23.3 Å². The summed E-state index contributed by atoms with van der Waals surface area (Å²) in [7, 11) is 1.73. The highest BCUT2D eigenvalue weighted by molar-refractivity contribution is 14.0. The molecule has 6 heteroatoms. The maximum Gasteiger partial charge on any atom is 0.191 e. The normalized spacial score (nSPS) is 16.6. The van der Waals surface area contributed by atoms with Crippen LogP contribution in [0.25, 0.3) is 0 Å². The third kappa shape index (κ3) is 4.79. The Balaban J connectivity index is 0.00000220. The van der Waals surface area contributed by atoms with Crippen LogP contribution in [0.3, 0.4) is 0 Å². The summed E-state index contributed by atoms with van der Waals surface area (Å²) >= 11 is 0. The van der Waals surface area contributed by atoms with Crippen LogP contribution in [0.2, 0.25) is 0 Å². The molecule has 4 nitrogen and oxygen atoms in total. The molecule has 0 unspecified atom stereocenters. The molecule has 1 fully saturated rings. The van der Waals surface area contributed by atoms with E-state index in [4.69, 9.17) is 0 Å². The maximum absolute atomic E-state index is 13.5. The molecule has 0 aromatic carbocycles. The molecule has 2 rings (SSSR count). The van der Waals surface area contributed by atoms with Crippen molar-refractivity contribution in [1.29, 1.82) is 0 Å². The number of rotatable bonds is 5. The molecule has 118 valence electrons. The largest absolute Gasteiger partial charge is 0.356 e. The third-order valence-corrected chi connectivity index (χ3v) is 4.28. The number of halogens is 2. The Labute approximate surface area is 143 Å². The Bertz CT molecular complexity index is 469. The van der Waals surface area contributed by atoms with E-state index in [0.29, 0.717) is 23.6 Å². The topological polar surface area (TPSA) is 49.3 Å². The van der Waals surface area contributed by atoms with Gasteiger partial charge in [0.05, 0.1) is 12.2 Å². The lowest BCUT2D eigenvalue weighted by atomic mass is 9.67. The number of guanidine groups is 1. The van der Waals surface area contributed by atoms with Gasteiger partial charge in [0.2, 0.25) is 0 Å². The van der Waals surface area contributed by atoms with Crippen LogP contribution in [0.5, 0.6) is 0 Å². The highest BCUT2D eigenvalue weighted by Gasteiger charge is 2.34. The molecule has 1 aliphatic carbocycles. The van der Waals surface area contributed by atoms with Gasteiger partial charge >= 0.3 is 0 Å². The number of pyridine rings is 1. The van der Waals surface area contributed by atoms with Gasteiger partial charge in [0, 0.05) is 19.8 Å². The molecule has 0 aliphatic heterocycles. The molecule has 1 aromatic heterocycles. The zero-order valence-electron chi connectivity index (χ0n) is 12.7. The van der Waals surface area contributed by atoms with Crippen molar-refractivity contribution in [2.45, 2.75) is 39.2 Å². The Morgan fingerprint density at radius 2 is 2.19 bits per heavy atom. The Hall–Kier alpha value is -0.920. The van der Waals surface area contributed by atoms with E-state index in [-0.39, 0.29) is 29.8 Å². The van der Waals surface area contributed by atoms with Crippen molar-refractivity contribution in [3.63, 3.8) is 0 Å². The van der Waals surface area contributed by atoms with Gasteiger partial charge in [-0.1, -0.05) is 13.3 Å². The number of nitrogens with zero attached hydrogens (tertiary/aromatic N) is 2. The second kappa shape index (κ2) is 8.51. The van der Waals surface area contributed by atoms with E-state index in [1.165, 1.54) is 31.7 Å². The van der Waals surface area contributed by atoms with E-state index in [0.717, 1.165) is 6.54 Å². The molecule has 1 aromatic rings. The lowest BCUT2D eigenvalue weighted by Crippen LogP contribution is -2.46. The highest BCUT2D eigenvalue weighted by atomic mass is 127. The van der Waals surface area contributed by atoms with Gasteiger partial charge in [-0.2, -0.15) is 0 Å². The molecular weight excluding hydrogens is 382 g/mol. The standard InChI is InChI=1S/C15H23FN4.HI/c1-3-15(7-5-8-15)11-20-14(17-2)19-10-13-12(16)6-4-9-18-13;/h4,6,9H,3,5,7-8,10-11H2,1-2H3,(H2,17,19,20);1H. The first-order chi connectivity index (χ1) is 9.69. The molecule has 0 radical (unpaired) electrons. The molecular formula is C15H24FIN4. The summed E-state index contributed by atoms with van der Waals surface area (Å²) in [6.45, 7) is 3.50. The predicted molar refractivity (Wildman–Crippen MR) is 94.4 cm³/mol. The second-order valence-corrected chi connectivity index (χ2v) is 5.42. The summed E-state index contributed by atoms with van der Waals surface area (Å²) in [5.74, 6) is 0.411. The molecule has 0 bridgehead atoms. The van der Waals surface area contributed by atoms with Crippen molar-refractivity contribution >= 4 is 29.9 Å². The fourth-order valence-electron chi connectivity index (χ4n) is 2.54. The van der Waals surface area contributed by atoms with Crippen LogP contribution in [0.1, 0.15) is 38.3 Å². The van der Waals surface area contributed by atoms with Gasteiger partial charge in [0.15, 0.2) is 5.96 Å². The first kappa shape index (κ1) is 18.1. The van der Waals surface area contributed by atoms with Gasteiger partial charge in [-0.05, 0) is 36.8 Å². The summed E-state index contributed by atoms with van der Waals surface area (Å²) < 4.78 is 13.5. The molecule has 0 saturated heterocycles. The first-order valence-electron chi connectivity index (χ1n) is 7.23. The van der Waals surface area contributed by atoms with Crippen molar-refractivity contribution in [2.75, 3.05) is 13.6 Å². The quantitative estimate of drug-likeness (QED) is 0.449. The highest BCUT2D eigenvalue weighted by Crippen LogP contribution is 2.42. The van der Waals surface area contributed by atoms with Crippen molar-refractivity contribution in [3.8, 4) is 0 Å². The van der Waals surface area contributed by atoms with E-state index in [9.17, 15) is 4.39 Å². The van der Waals surface area contributed by atoms with E-state index in [1.54, 1.807) is 19.3 Å². The maximum atomic E-state index is 13.5. The number of aromatic nitrogens is 1. The van der Waals surface area contributed by atoms with Crippen LogP contribution in [0.4, 0.5) is 4.39 Å². The van der Waals surface area contributed by atoms with E-state index >= 15 is 0 Å². The van der Waals surface area contributed by atoms with Crippen molar-refractivity contribution < 1.29 is 4.39 Å². The molecule has 1 heterocycles. The number of hydrogen-bond acceptors (Lipinski definition) is 2. The van der Waals surface area contributed by atoms with Gasteiger partial charge in [-0.15, -0.1) is 24.0 Å². The summed E-state index contributed by atoms with van der Waals surface area (Å²) in [6, 6.07) is 3.01. The summed E-state index contributed by atoms with van der Waals surface area (Å²) in [6.07, 6.45) is 6.66. The average Bonchev–Trinajstić information content (AvgIpc) is 2.43. The monoisotopic (exact) mass is 406 g/mol. The fraction of sp³-hybridized carbons (Fsp3) is 0.600. The molecule has 21 heavy (non-hydrogen) atoms. The molecule has 0 atom stereocenters. The zero-order chi connectivity index (χ0) is 14.4. The van der Waals surface area contributed by atoms with E-state index < -0.39 is 0 Å². The lowest BCUT2D eigenvalue weighted by Gasteiger charge is -2.41. The molecule has 2 N–H and O–H groups in total. The summed E-state index contributed by atoms with van der Waals surface area (Å²) in [4.78, 5) is 8.19. The van der Waals surface area contributed by atoms with E-state index in [2.05, 4.69) is 27.5 Å². The SMILES string of the molecule is CCC1(CNC(=NC)NCc2ncccc2F)CCC1.I. The van der Waals surface area contributed by atoms with Crippen LogP contribution < -0.4 is 10.6 Å². The van der Waals surface area contributed by atoms with Crippen molar-refractivity contribution in [2.24, 2.45) is 10.4 Å². The molecule has 0 amide bonds. The van der Waals surface area contributed by atoms with Gasteiger partial charge in [0.1, 0.15) is 5.82 Å². The Kier molecular flexibility index (Phi) is 7.34. The van der Waals surface area contributed by atoms with Gasteiger partial charge < -0.3 is 10.6 Å². The van der Waals surface area contributed by atoms with Crippen LogP contribution in [-0.2, 0) is 6.54 Å². The smallest absolute Gasteiger partial charge is 0.191 e. The minimum absolute atomic E-state index is 0. The van der Waals surface area contributed by atoms with Crippen molar-refractivity contribution in [1.82, 2.24) is 15.6 Å². The lowest BCUT2D eigenvalue weighted by molar-refractivity contribution is 0.131. The zero-order valence-corrected chi connectivity index (χ0v) is 15.0. The fourth-order valence-corrected chi connectivity index (χ4v) is 2.54. The first-order valence-corrected chi connectivity index (χ1v) is 7.23. The van der Waals surface area contributed by atoms with Crippen LogP contribution in [-0.4, -0.2) is 24.5 Å². The minimum Gasteiger partial charge on any atom is -0.356 e. The minimum atomic E-state index is -0.292.